The number of hydrogen-bond acceptors (Lipinski definition) is 8. The fourth-order valence-corrected chi connectivity index (χ4v) is 8.90. The summed E-state index contributed by atoms with van der Waals surface area (Å²) >= 11 is 14.4. The molecule has 7 rings (SSSR count). The largest absolute Gasteiger partial charge is 0.382 e. The second-order valence-corrected chi connectivity index (χ2v) is 13.6. The maximum atomic E-state index is 14.8. The molecule has 0 aliphatic heterocycles. The van der Waals surface area contributed by atoms with Crippen molar-refractivity contribution in [3.63, 3.8) is 0 Å². The molecule has 42 heavy (non-hydrogen) atoms. The van der Waals surface area contributed by atoms with Gasteiger partial charge in [0.25, 0.3) is 0 Å². The van der Waals surface area contributed by atoms with Crippen LogP contribution in [0.3, 0.4) is 0 Å². The van der Waals surface area contributed by atoms with Crippen molar-refractivity contribution in [1.29, 1.82) is 5.26 Å². The highest BCUT2D eigenvalue weighted by atomic mass is 35.5. The number of halogens is 3. The van der Waals surface area contributed by atoms with E-state index in [1.807, 2.05) is 6.07 Å². The van der Waals surface area contributed by atoms with E-state index < -0.39 is 17.0 Å². The fourth-order valence-electron chi connectivity index (χ4n) is 7.06. The molecule has 3 fully saturated rings. The minimum atomic E-state index is -1.21. The maximum absolute atomic E-state index is 14.8. The van der Waals surface area contributed by atoms with Crippen molar-refractivity contribution in [3.8, 4) is 17.3 Å². The van der Waals surface area contributed by atoms with Gasteiger partial charge in [0.1, 0.15) is 27.6 Å². The Labute approximate surface area is 256 Å². The first-order valence-corrected chi connectivity index (χ1v) is 15.6. The molecule has 7 nitrogen and oxygen atoms in total. The summed E-state index contributed by atoms with van der Waals surface area (Å²) in [4.78, 5) is 4.57. The summed E-state index contributed by atoms with van der Waals surface area (Å²) in [5, 5.41) is 27.3. The molecule has 0 radical (unpaired) electrons. The Balaban J connectivity index is 1.20. The number of fused-ring (bicyclic) bond motifs is 3. The first kappa shape index (κ1) is 28.2. The predicted molar refractivity (Wildman–Crippen MR) is 157 cm³/mol. The van der Waals surface area contributed by atoms with Gasteiger partial charge in [0.2, 0.25) is 0 Å². The Hall–Kier alpha value is -2.58. The van der Waals surface area contributed by atoms with E-state index in [1.165, 1.54) is 17.4 Å². The van der Waals surface area contributed by atoms with E-state index in [4.69, 9.17) is 37.2 Å². The Bertz CT molecular complexity index is 1690. The van der Waals surface area contributed by atoms with Crippen LogP contribution < -0.4 is 0 Å². The normalized spacial score (nSPS) is 27.0. The Kier molecular flexibility index (Phi) is 7.08. The van der Waals surface area contributed by atoms with Crippen LogP contribution in [-0.2, 0) is 21.7 Å². The van der Waals surface area contributed by atoms with Gasteiger partial charge in [-0.3, -0.25) is 0 Å². The van der Waals surface area contributed by atoms with E-state index in [9.17, 15) is 14.8 Å². The minimum Gasteiger partial charge on any atom is -0.382 e. The molecule has 218 valence electrons. The van der Waals surface area contributed by atoms with Crippen LogP contribution in [0.4, 0.5) is 4.39 Å². The molecule has 3 aliphatic rings. The van der Waals surface area contributed by atoms with Crippen LogP contribution in [-0.4, -0.2) is 34.6 Å². The molecular formula is C31H28Cl2FN3O4S. The molecule has 4 atom stereocenters. The first-order valence-electron chi connectivity index (χ1n) is 14.0. The van der Waals surface area contributed by atoms with Crippen LogP contribution in [0, 0.1) is 29.0 Å². The highest BCUT2D eigenvalue weighted by Crippen LogP contribution is 2.60. The molecule has 2 bridgehead atoms. The lowest BCUT2D eigenvalue weighted by molar-refractivity contribution is -0.183. The number of rotatable bonds is 8. The van der Waals surface area contributed by atoms with Crippen molar-refractivity contribution in [2.75, 3.05) is 13.7 Å². The molecule has 3 saturated carbocycles. The smallest absolute Gasteiger partial charge is 0.151 e. The third-order valence-electron chi connectivity index (χ3n) is 9.16. The number of nitrogens with zero attached hydrogens (tertiary/aromatic N) is 3. The van der Waals surface area contributed by atoms with Gasteiger partial charge in [0.15, 0.2) is 5.82 Å². The van der Waals surface area contributed by atoms with Gasteiger partial charge < -0.3 is 19.1 Å². The quantitative estimate of drug-likeness (QED) is 0.213. The van der Waals surface area contributed by atoms with E-state index >= 15 is 0 Å². The van der Waals surface area contributed by atoms with E-state index in [0.717, 1.165) is 37.0 Å². The molecule has 1 N–H and O–H groups in total. The lowest BCUT2D eigenvalue weighted by atomic mass is 9.68. The first-order chi connectivity index (χ1) is 20.3. The van der Waals surface area contributed by atoms with Crippen LogP contribution in [0.15, 0.2) is 34.9 Å². The zero-order valence-corrected chi connectivity index (χ0v) is 25.2. The zero-order valence-electron chi connectivity index (χ0n) is 22.8. The SMILES string of the molecule is COCC1(OCc2c(-c3c(Cl)cccc3Cl)noc2C2CC2)C[C@H]2CC[C@@H](C1)C2(O)c1nc2c(F)cc(C#N)cc2s1. The fraction of sp³-hybridized carbons (Fsp3) is 0.452. The summed E-state index contributed by atoms with van der Waals surface area (Å²) in [6, 6.07) is 10.2. The summed E-state index contributed by atoms with van der Waals surface area (Å²) in [7, 11) is 1.65. The lowest BCUT2D eigenvalue weighted by Gasteiger charge is -2.47. The average Bonchev–Trinajstić information content (AvgIpc) is 3.53. The number of aromatic nitrogens is 2. The Morgan fingerprint density at radius 1 is 1.17 bits per heavy atom. The van der Waals surface area contributed by atoms with E-state index in [1.54, 1.807) is 31.4 Å². The molecule has 0 saturated heterocycles. The molecule has 3 aliphatic carbocycles. The standard InChI is InChI=1S/C31H28Cl2FN3O4S/c1-39-15-30(40-14-20-26(37-41-28(20)17-5-6-17)25-21(32)3-2-4-22(25)33)11-18-7-8-19(12-30)31(18,38)29-36-27-23(34)9-16(13-35)10-24(27)42-29/h2-4,9-10,17-19,38H,5-8,11-12,14-15H2,1H3/t18-,19+,30?,31?. The van der Waals surface area contributed by atoms with Gasteiger partial charge in [0.05, 0.1) is 45.2 Å². The summed E-state index contributed by atoms with van der Waals surface area (Å²) in [6.45, 7) is 0.582. The average molecular weight is 629 g/mol. The summed E-state index contributed by atoms with van der Waals surface area (Å²) in [5.74, 6) is 0.224. The highest BCUT2D eigenvalue weighted by Gasteiger charge is 2.60. The summed E-state index contributed by atoms with van der Waals surface area (Å²) in [6.07, 6.45) is 4.72. The number of methoxy groups -OCH3 is 1. The number of benzene rings is 2. The van der Waals surface area contributed by atoms with Crippen molar-refractivity contribution >= 4 is 44.8 Å². The van der Waals surface area contributed by atoms with Gasteiger partial charge >= 0.3 is 0 Å². The molecular weight excluding hydrogens is 600 g/mol. The van der Waals surface area contributed by atoms with Gasteiger partial charge in [-0.15, -0.1) is 11.3 Å². The second-order valence-electron chi connectivity index (χ2n) is 11.8. The van der Waals surface area contributed by atoms with Crippen LogP contribution in [0.2, 0.25) is 10.0 Å². The Morgan fingerprint density at radius 3 is 2.52 bits per heavy atom. The number of aliphatic hydroxyl groups is 1. The minimum absolute atomic E-state index is 0.159. The van der Waals surface area contributed by atoms with Crippen molar-refractivity contribution < 1.29 is 23.5 Å². The van der Waals surface area contributed by atoms with Crippen LogP contribution in [0.25, 0.3) is 21.5 Å². The molecule has 11 heteroatoms. The summed E-state index contributed by atoms with van der Waals surface area (Å²) in [5.41, 5.74) is 0.598. The van der Waals surface area contributed by atoms with Gasteiger partial charge in [-0.05, 0) is 74.6 Å². The van der Waals surface area contributed by atoms with Crippen LogP contribution >= 0.6 is 34.5 Å². The van der Waals surface area contributed by atoms with Gasteiger partial charge in [-0.2, -0.15) is 5.26 Å². The molecule has 2 heterocycles. The third kappa shape index (κ3) is 4.55. The zero-order chi connectivity index (χ0) is 29.2. The van der Waals surface area contributed by atoms with Crippen molar-refractivity contribution in [1.82, 2.24) is 10.1 Å². The Morgan fingerprint density at radius 2 is 1.88 bits per heavy atom. The van der Waals surface area contributed by atoms with E-state index in [-0.39, 0.29) is 35.4 Å². The number of thiazole rings is 1. The highest BCUT2D eigenvalue weighted by molar-refractivity contribution is 7.18. The topological polar surface area (TPSA) is 101 Å². The molecule has 2 unspecified atom stereocenters. The predicted octanol–water partition coefficient (Wildman–Crippen LogP) is 7.76. The van der Waals surface area contributed by atoms with E-state index in [0.29, 0.717) is 50.5 Å². The molecule has 0 amide bonds. The lowest BCUT2D eigenvalue weighted by Crippen LogP contribution is -2.52. The van der Waals surface area contributed by atoms with Gasteiger partial charge in [0, 0.05) is 24.2 Å². The summed E-state index contributed by atoms with van der Waals surface area (Å²) < 4.78 is 33.7. The van der Waals surface area contributed by atoms with E-state index in [2.05, 4.69) is 10.1 Å². The van der Waals surface area contributed by atoms with Crippen LogP contribution in [0.1, 0.15) is 66.3 Å². The maximum Gasteiger partial charge on any atom is 0.151 e. The van der Waals surface area contributed by atoms with Gasteiger partial charge in [-0.1, -0.05) is 34.4 Å². The monoisotopic (exact) mass is 627 g/mol. The molecule has 2 aromatic carbocycles. The third-order valence-corrected chi connectivity index (χ3v) is 10.9. The molecule has 0 spiro atoms. The number of nitriles is 1. The second kappa shape index (κ2) is 10.5. The number of ether oxygens (including phenoxy) is 2. The van der Waals surface area contributed by atoms with Crippen molar-refractivity contribution in [2.24, 2.45) is 11.8 Å². The van der Waals surface area contributed by atoms with Crippen molar-refractivity contribution in [2.45, 2.75) is 62.3 Å². The molecule has 2 aromatic heterocycles. The van der Waals surface area contributed by atoms with Crippen molar-refractivity contribution in [3.05, 3.63) is 68.1 Å². The van der Waals surface area contributed by atoms with Crippen LogP contribution in [0.5, 0.6) is 0 Å². The number of hydrogen-bond donors (Lipinski definition) is 1. The molecule has 4 aromatic rings. The van der Waals surface area contributed by atoms with Gasteiger partial charge in [-0.25, -0.2) is 9.37 Å².